The van der Waals surface area contributed by atoms with Crippen molar-refractivity contribution < 1.29 is 48.2 Å². The highest BCUT2D eigenvalue weighted by molar-refractivity contribution is 5.81. The fourth-order valence-corrected chi connectivity index (χ4v) is 6.87. The molecule has 1 fully saturated rings. The first kappa shape index (κ1) is 51.8. The number of allylic oxidation sites excluding steroid dienone is 5. The first-order chi connectivity index (χ1) is 28.9. The lowest BCUT2D eigenvalue weighted by Gasteiger charge is -2.39. The zero-order valence-electron chi connectivity index (χ0n) is 36.7. The molecule has 0 aromatic rings. The van der Waals surface area contributed by atoms with Crippen LogP contribution in [0.15, 0.2) is 70.6 Å². The molecule has 61 heavy (non-hydrogen) atoms. The molecule has 4 atom stereocenters. The average Bonchev–Trinajstić information content (AvgIpc) is 3.65. The van der Waals surface area contributed by atoms with Crippen molar-refractivity contribution in [3.05, 3.63) is 70.6 Å². The molecule has 4 unspecified atom stereocenters. The van der Waals surface area contributed by atoms with Gasteiger partial charge in [0.15, 0.2) is 12.6 Å². The normalized spacial score (nSPS) is 19.2. The molecular formula is C45H62N6O10. The summed E-state index contributed by atoms with van der Waals surface area (Å²) < 4.78 is 32.9. The number of esters is 2. The summed E-state index contributed by atoms with van der Waals surface area (Å²) >= 11 is 0. The van der Waals surface area contributed by atoms with Crippen LogP contribution >= 0.6 is 0 Å². The third-order valence-electron chi connectivity index (χ3n) is 9.58. The van der Waals surface area contributed by atoms with E-state index in [2.05, 4.69) is 25.3 Å². The minimum Gasteiger partial charge on any atom is -0.458 e. The van der Waals surface area contributed by atoms with E-state index in [4.69, 9.17) is 28.4 Å². The summed E-state index contributed by atoms with van der Waals surface area (Å²) in [5.41, 5.74) is 1.05. The van der Waals surface area contributed by atoms with Crippen molar-refractivity contribution in [3.8, 4) is 24.3 Å². The molecule has 16 nitrogen and oxygen atoms in total. The Bertz CT molecular complexity index is 1850. The molecule has 0 radical (unpaired) electrons. The molecule has 0 aromatic heterocycles. The molecule has 2 rings (SSSR count). The number of likely N-dealkylation sites (tertiary alicyclic amines) is 1. The standard InChI is InChI=1S/C45H62N6O10/c1-10-40(52)60-31(4)28-51(12-3)39-23-45(8,9)22-35(36(39)25-47)38(27-49)43(55)59-20-18-57-16-15-56-17-19-58-42(54)37(26-48)34(21-44(5,6)7)32(24-46)29-50-14-13-33(30-50)61-41(53)11-2/h10-11,29,31,33,42-43,54-55H,1-2,12-23,28,30H2,3-9H3/b32-29+,37-34+,38-35+. The summed E-state index contributed by atoms with van der Waals surface area (Å²) in [6.45, 7) is 22.4. The van der Waals surface area contributed by atoms with E-state index in [1.165, 1.54) is 0 Å². The Balaban J connectivity index is 1.96. The Morgan fingerprint density at radius 1 is 0.934 bits per heavy atom. The van der Waals surface area contributed by atoms with Gasteiger partial charge in [-0.15, -0.1) is 0 Å². The molecular weight excluding hydrogens is 785 g/mol. The van der Waals surface area contributed by atoms with Crippen molar-refractivity contribution in [3.63, 3.8) is 0 Å². The van der Waals surface area contributed by atoms with E-state index in [1.807, 2.05) is 63.5 Å². The number of nitrogens with zero attached hydrogens (tertiary/aromatic N) is 6. The lowest BCUT2D eigenvalue weighted by atomic mass is 9.72. The van der Waals surface area contributed by atoms with Crippen LogP contribution in [0.5, 0.6) is 0 Å². The fraction of sp³-hybridized carbons (Fsp3) is 0.600. The zero-order valence-corrected chi connectivity index (χ0v) is 36.7. The lowest BCUT2D eigenvalue weighted by molar-refractivity contribution is -0.143. The highest BCUT2D eigenvalue weighted by Crippen LogP contribution is 2.44. The number of carbonyl (C=O) groups is 2. The number of hydrogen-bond acceptors (Lipinski definition) is 16. The largest absolute Gasteiger partial charge is 0.458 e. The number of rotatable bonds is 24. The van der Waals surface area contributed by atoms with Gasteiger partial charge in [0.05, 0.1) is 75.0 Å². The van der Waals surface area contributed by atoms with Gasteiger partial charge in [-0.05, 0) is 55.1 Å². The zero-order chi connectivity index (χ0) is 45.8. The summed E-state index contributed by atoms with van der Waals surface area (Å²) in [5, 5.41) is 62.4. The van der Waals surface area contributed by atoms with Crippen molar-refractivity contribution in [2.45, 2.75) is 98.9 Å². The fourth-order valence-electron chi connectivity index (χ4n) is 6.87. The van der Waals surface area contributed by atoms with Crippen LogP contribution in [0.1, 0.15) is 74.1 Å². The maximum Gasteiger partial charge on any atom is 0.330 e. The van der Waals surface area contributed by atoms with Crippen LogP contribution in [0.2, 0.25) is 0 Å². The Morgan fingerprint density at radius 3 is 2.07 bits per heavy atom. The summed E-state index contributed by atoms with van der Waals surface area (Å²) in [6, 6.07) is 8.47. The predicted octanol–water partition coefficient (Wildman–Crippen LogP) is 5.01. The third kappa shape index (κ3) is 17.3. The van der Waals surface area contributed by atoms with Gasteiger partial charge in [-0.3, -0.25) is 0 Å². The Kier molecular flexibility index (Phi) is 21.6. The van der Waals surface area contributed by atoms with E-state index in [9.17, 15) is 40.8 Å². The molecule has 1 aliphatic heterocycles. The van der Waals surface area contributed by atoms with E-state index >= 15 is 0 Å². The van der Waals surface area contributed by atoms with Crippen LogP contribution in [-0.4, -0.2) is 123 Å². The molecule has 0 aromatic carbocycles. The summed E-state index contributed by atoms with van der Waals surface area (Å²) in [4.78, 5) is 27.2. The SMILES string of the molecule is C=CC(=O)OC(C)CN(CC)C1=C(C#N)/C(=C(\C#N)C(O)OCCOCCOCCOC(O)/C(C#N)=C(CC(C)(C)C)/C(C#N)=C/N2CCC(OC(=O)C=C)C2)CC(C)(C)C1. The molecule has 2 aliphatic rings. The molecule has 0 spiro atoms. The van der Waals surface area contributed by atoms with Crippen molar-refractivity contribution in [1.82, 2.24) is 9.80 Å². The van der Waals surface area contributed by atoms with E-state index < -0.39 is 30.6 Å². The number of hydrogen-bond donors (Lipinski definition) is 2. The minimum atomic E-state index is -1.62. The van der Waals surface area contributed by atoms with Gasteiger partial charge in [0.1, 0.15) is 36.5 Å². The third-order valence-corrected chi connectivity index (χ3v) is 9.58. The molecule has 2 N–H and O–H groups in total. The van der Waals surface area contributed by atoms with E-state index in [0.29, 0.717) is 68.7 Å². The first-order valence-corrected chi connectivity index (χ1v) is 20.3. The summed E-state index contributed by atoms with van der Waals surface area (Å²) in [7, 11) is 0. The second-order valence-corrected chi connectivity index (χ2v) is 16.6. The number of aliphatic hydroxyl groups excluding tert-OH is 2. The summed E-state index contributed by atoms with van der Waals surface area (Å²) in [5.74, 6) is -1.08. The predicted molar refractivity (Wildman–Crippen MR) is 224 cm³/mol. The molecule has 1 aliphatic carbocycles. The molecule has 332 valence electrons. The smallest absolute Gasteiger partial charge is 0.330 e. The van der Waals surface area contributed by atoms with Gasteiger partial charge in [0, 0.05) is 43.6 Å². The second kappa shape index (κ2) is 25.5. The van der Waals surface area contributed by atoms with Gasteiger partial charge < -0.3 is 48.4 Å². The van der Waals surface area contributed by atoms with Crippen molar-refractivity contribution in [2.24, 2.45) is 10.8 Å². The van der Waals surface area contributed by atoms with Crippen molar-refractivity contribution >= 4 is 11.9 Å². The van der Waals surface area contributed by atoms with Crippen LogP contribution in [0.3, 0.4) is 0 Å². The average molecular weight is 847 g/mol. The van der Waals surface area contributed by atoms with Gasteiger partial charge in [0.2, 0.25) is 0 Å². The van der Waals surface area contributed by atoms with Gasteiger partial charge in [-0.2, -0.15) is 21.0 Å². The van der Waals surface area contributed by atoms with Crippen LogP contribution in [-0.2, 0) is 38.0 Å². The molecule has 0 saturated carbocycles. The number of likely N-dealkylation sites (N-methyl/N-ethyl adjacent to an activating group) is 1. The van der Waals surface area contributed by atoms with Gasteiger partial charge in [-0.25, -0.2) is 9.59 Å². The quantitative estimate of drug-likeness (QED) is 0.0324. The Labute approximate surface area is 360 Å². The monoisotopic (exact) mass is 846 g/mol. The van der Waals surface area contributed by atoms with E-state index in [1.54, 1.807) is 13.1 Å². The van der Waals surface area contributed by atoms with Gasteiger partial charge in [0.25, 0.3) is 0 Å². The maximum atomic E-state index is 11.8. The van der Waals surface area contributed by atoms with Crippen LogP contribution in [0.25, 0.3) is 0 Å². The molecule has 16 heteroatoms. The Morgan fingerprint density at radius 2 is 1.54 bits per heavy atom. The molecule has 1 saturated heterocycles. The summed E-state index contributed by atoms with van der Waals surface area (Å²) in [6.07, 6.45) is 1.47. The van der Waals surface area contributed by atoms with E-state index in [-0.39, 0.29) is 78.9 Å². The topological polar surface area (TPSA) is 232 Å². The lowest BCUT2D eigenvalue weighted by Crippen LogP contribution is -2.37. The van der Waals surface area contributed by atoms with Crippen LogP contribution < -0.4 is 0 Å². The molecule has 1 heterocycles. The molecule has 0 amide bonds. The second-order valence-electron chi connectivity index (χ2n) is 16.6. The first-order valence-electron chi connectivity index (χ1n) is 20.3. The highest BCUT2D eigenvalue weighted by atomic mass is 16.6. The minimum absolute atomic E-state index is 0.0585. The van der Waals surface area contributed by atoms with Gasteiger partial charge >= 0.3 is 11.9 Å². The highest BCUT2D eigenvalue weighted by Gasteiger charge is 2.36. The van der Waals surface area contributed by atoms with Crippen LogP contribution in [0, 0.1) is 56.2 Å². The van der Waals surface area contributed by atoms with Crippen LogP contribution in [0.4, 0.5) is 0 Å². The number of carbonyl (C=O) groups excluding carboxylic acids is 2. The number of aliphatic hydroxyl groups is 2. The Hall–Kier alpha value is -5.30. The maximum absolute atomic E-state index is 11.8. The number of ether oxygens (including phenoxy) is 6. The molecule has 0 bridgehead atoms. The van der Waals surface area contributed by atoms with Gasteiger partial charge in [-0.1, -0.05) is 47.8 Å². The van der Waals surface area contributed by atoms with E-state index in [0.717, 1.165) is 12.2 Å². The number of nitriles is 4. The van der Waals surface area contributed by atoms with Crippen molar-refractivity contribution in [1.29, 1.82) is 21.0 Å². The van der Waals surface area contributed by atoms with Crippen molar-refractivity contribution in [2.75, 3.05) is 65.8 Å².